The molecule has 0 aliphatic carbocycles. The number of aromatic nitrogens is 2. The molecular weight excluding hydrogens is 320 g/mol. The van der Waals surface area contributed by atoms with Gasteiger partial charge in [0.2, 0.25) is 0 Å². The molecular formula is C18H20N4OS. The quantitative estimate of drug-likeness (QED) is 0.750. The van der Waals surface area contributed by atoms with Gasteiger partial charge in [-0.25, -0.2) is 0 Å². The lowest BCUT2D eigenvalue weighted by atomic mass is 10.2. The van der Waals surface area contributed by atoms with Gasteiger partial charge in [-0.15, -0.1) is 0 Å². The molecule has 0 aliphatic rings. The smallest absolute Gasteiger partial charge is 0.251 e. The molecule has 1 amide bonds. The summed E-state index contributed by atoms with van der Waals surface area (Å²) in [6.07, 6.45) is 1.94. The fourth-order valence-electron chi connectivity index (χ4n) is 2.36. The number of carbonyl (C=O) groups is 1. The lowest BCUT2D eigenvalue weighted by molar-refractivity contribution is 0.0952. The van der Waals surface area contributed by atoms with Crippen LogP contribution in [0.1, 0.15) is 10.4 Å². The van der Waals surface area contributed by atoms with Gasteiger partial charge in [-0.3, -0.25) is 9.48 Å². The lowest BCUT2D eigenvalue weighted by Crippen LogP contribution is -2.27. The third-order valence-electron chi connectivity index (χ3n) is 3.71. The molecule has 24 heavy (non-hydrogen) atoms. The zero-order valence-electron chi connectivity index (χ0n) is 13.8. The third-order valence-corrected chi connectivity index (χ3v) is 4.39. The largest absolute Gasteiger partial charge is 0.378 e. The zero-order valence-corrected chi connectivity index (χ0v) is 14.6. The van der Waals surface area contributed by atoms with Crippen molar-refractivity contribution in [1.29, 1.82) is 0 Å². The SMILES string of the molecule is CN(C)c1cccc(C(=O)NCCn2ccc(-c3ccsc3)n2)c1. The second-order valence-corrected chi connectivity index (χ2v) is 6.46. The lowest BCUT2D eigenvalue weighted by Gasteiger charge is -2.13. The first-order valence-electron chi connectivity index (χ1n) is 7.75. The molecule has 2 heterocycles. The van der Waals surface area contributed by atoms with Crippen LogP contribution in [0.3, 0.4) is 0 Å². The minimum atomic E-state index is -0.0658. The molecule has 0 aliphatic heterocycles. The van der Waals surface area contributed by atoms with Gasteiger partial charge >= 0.3 is 0 Å². The van der Waals surface area contributed by atoms with Gasteiger partial charge in [0.15, 0.2) is 0 Å². The van der Waals surface area contributed by atoms with E-state index in [1.807, 2.05) is 65.6 Å². The van der Waals surface area contributed by atoms with Crippen LogP contribution in [0.15, 0.2) is 53.4 Å². The second kappa shape index (κ2) is 7.31. The molecule has 0 spiro atoms. The van der Waals surface area contributed by atoms with E-state index in [1.165, 1.54) is 0 Å². The molecule has 3 aromatic rings. The Morgan fingerprint density at radius 3 is 2.92 bits per heavy atom. The Kier molecular flexibility index (Phi) is 4.96. The predicted molar refractivity (Wildman–Crippen MR) is 98.6 cm³/mol. The number of anilines is 1. The second-order valence-electron chi connectivity index (χ2n) is 5.68. The van der Waals surface area contributed by atoms with E-state index in [0.29, 0.717) is 18.7 Å². The van der Waals surface area contributed by atoms with Crippen molar-refractivity contribution in [3.8, 4) is 11.3 Å². The molecule has 124 valence electrons. The minimum Gasteiger partial charge on any atom is -0.378 e. The summed E-state index contributed by atoms with van der Waals surface area (Å²) in [5.74, 6) is -0.0658. The molecule has 0 fully saturated rings. The van der Waals surface area contributed by atoms with E-state index >= 15 is 0 Å². The Labute approximate surface area is 145 Å². The molecule has 1 aromatic carbocycles. The summed E-state index contributed by atoms with van der Waals surface area (Å²) in [7, 11) is 3.92. The maximum Gasteiger partial charge on any atom is 0.251 e. The van der Waals surface area contributed by atoms with E-state index in [9.17, 15) is 4.79 Å². The average Bonchev–Trinajstić information content (AvgIpc) is 3.26. The molecule has 0 atom stereocenters. The first-order chi connectivity index (χ1) is 11.6. The number of carbonyl (C=O) groups excluding carboxylic acids is 1. The van der Waals surface area contributed by atoms with Crippen molar-refractivity contribution in [3.63, 3.8) is 0 Å². The summed E-state index contributed by atoms with van der Waals surface area (Å²) < 4.78 is 1.85. The van der Waals surface area contributed by atoms with Crippen molar-refractivity contribution in [3.05, 3.63) is 58.9 Å². The summed E-state index contributed by atoms with van der Waals surface area (Å²) in [5.41, 5.74) is 3.76. The predicted octanol–water partition coefficient (Wildman–Crippen LogP) is 3.11. The number of hydrogen-bond acceptors (Lipinski definition) is 4. The number of thiophene rings is 1. The van der Waals surface area contributed by atoms with Crippen LogP contribution in [0, 0.1) is 0 Å². The Balaban J connectivity index is 1.55. The number of nitrogens with zero attached hydrogens (tertiary/aromatic N) is 3. The fraction of sp³-hybridized carbons (Fsp3) is 0.222. The topological polar surface area (TPSA) is 50.2 Å². The Bertz CT molecular complexity index is 808. The van der Waals surface area contributed by atoms with Gasteiger partial charge in [0.1, 0.15) is 0 Å². The van der Waals surface area contributed by atoms with E-state index in [4.69, 9.17) is 0 Å². The van der Waals surface area contributed by atoms with Crippen molar-refractivity contribution in [2.75, 3.05) is 25.5 Å². The van der Waals surface area contributed by atoms with Crippen LogP contribution >= 0.6 is 11.3 Å². The summed E-state index contributed by atoms with van der Waals surface area (Å²) in [5, 5.41) is 11.6. The molecule has 3 rings (SSSR count). The first kappa shape index (κ1) is 16.3. The molecule has 0 radical (unpaired) electrons. The zero-order chi connectivity index (χ0) is 16.9. The van der Waals surface area contributed by atoms with Gasteiger partial charge in [-0.05, 0) is 35.7 Å². The van der Waals surface area contributed by atoms with Crippen LogP contribution in [0.25, 0.3) is 11.3 Å². The van der Waals surface area contributed by atoms with E-state index in [1.54, 1.807) is 11.3 Å². The highest BCUT2D eigenvalue weighted by Crippen LogP contribution is 2.19. The van der Waals surface area contributed by atoms with E-state index < -0.39 is 0 Å². The van der Waals surface area contributed by atoms with Gasteiger partial charge in [-0.1, -0.05) is 6.07 Å². The fourth-order valence-corrected chi connectivity index (χ4v) is 3.01. The molecule has 1 N–H and O–H groups in total. The summed E-state index contributed by atoms with van der Waals surface area (Å²) in [4.78, 5) is 14.2. The third kappa shape index (κ3) is 3.83. The van der Waals surface area contributed by atoms with Crippen LogP contribution in [0.4, 0.5) is 5.69 Å². The molecule has 2 aromatic heterocycles. The molecule has 0 unspecified atom stereocenters. The number of hydrogen-bond donors (Lipinski definition) is 1. The molecule has 0 bridgehead atoms. The minimum absolute atomic E-state index is 0.0658. The summed E-state index contributed by atoms with van der Waals surface area (Å²) in [6.45, 7) is 1.18. The van der Waals surface area contributed by atoms with Crippen molar-refractivity contribution in [2.45, 2.75) is 6.54 Å². The maximum absolute atomic E-state index is 12.2. The maximum atomic E-state index is 12.2. The molecule has 0 saturated heterocycles. The average molecular weight is 340 g/mol. The van der Waals surface area contributed by atoms with Crippen LogP contribution in [0.2, 0.25) is 0 Å². The number of benzene rings is 1. The Morgan fingerprint density at radius 2 is 2.17 bits per heavy atom. The van der Waals surface area contributed by atoms with Crippen molar-refractivity contribution in [1.82, 2.24) is 15.1 Å². The van der Waals surface area contributed by atoms with Crippen molar-refractivity contribution < 1.29 is 4.79 Å². The van der Waals surface area contributed by atoms with Gasteiger partial charge in [0.25, 0.3) is 5.91 Å². The highest BCUT2D eigenvalue weighted by atomic mass is 32.1. The molecule has 6 heteroatoms. The van der Waals surface area contributed by atoms with E-state index in [2.05, 4.69) is 21.9 Å². The van der Waals surface area contributed by atoms with Crippen LogP contribution in [-0.4, -0.2) is 36.3 Å². The van der Waals surface area contributed by atoms with Gasteiger partial charge in [0, 0.05) is 49.0 Å². The number of rotatable bonds is 6. The Hall–Kier alpha value is -2.60. The van der Waals surface area contributed by atoms with Crippen LogP contribution < -0.4 is 10.2 Å². The number of nitrogens with one attached hydrogen (secondary N) is 1. The van der Waals surface area contributed by atoms with Crippen LogP contribution in [-0.2, 0) is 6.54 Å². The van der Waals surface area contributed by atoms with Crippen molar-refractivity contribution in [2.24, 2.45) is 0 Å². The summed E-state index contributed by atoms with van der Waals surface area (Å²) in [6, 6.07) is 11.6. The molecule has 0 saturated carbocycles. The number of amides is 1. The summed E-state index contributed by atoms with van der Waals surface area (Å²) >= 11 is 1.66. The van der Waals surface area contributed by atoms with Crippen molar-refractivity contribution >= 4 is 22.9 Å². The van der Waals surface area contributed by atoms with Crippen LogP contribution in [0.5, 0.6) is 0 Å². The standard InChI is InChI=1S/C18H20N4OS/c1-21(2)16-5-3-4-14(12-16)18(23)19-8-10-22-9-6-17(20-22)15-7-11-24-13-15/h3-7,9,11-13H,8,10H2,1-2H3,(H,19,23). The highest BCUT2D eigenvalue weighted by molar-refractivity contribution is 7.08. The normalized spacial score (nSPS) is 10.6. The van der Waals surface area contributed by atoms with E-state index in [-0.39, 0.29) is 5.91 Å². The Morgan fingerprint density at radius 1 is 1.29 bits per heavy atom. The monoisotopic (exact) mass is 340 g/mol. The van der Waals surface area contributed by atoms with Gasteiger partial charge in [-0.2, -0.15) is 16.4 Å². The van der Waals surface area contributed by atoms with Gasteiger partial charge in [0.05, 0.1) is 12.2 Å². The first-order valence-corrected chi connectivity index (χ1v) is 8.69. The van der Waals surface area contributed by atoms with Gasteiger partial charge < -0.3 is 10.2 Å². The highest BCUT2D eigenvalue weighted by Gasteiger charge is 2.07. The van der Waals surface area contributed by atoms with E-state index in [0.717, 1.165) is 16.9 Å². The molecule has 5 nitrogen and oxygen atoms in total.